The number of alkyl halides is 3. The van der Waals surface area contributed by atoms with Gasteiger partial charge in [-0.05, 0) is 31.0 Å². The Hall–Kier alpha value is -1.95. The maximum atomic E-state index is 12.6. The topological polar surface area (TPSA) is 92.3 Å². The van der Waals surface area contributed by atoms with Crippen molar-refractivity contribution in [1.29, 1.82) is 0 Å². The molecule has 0 unspecified atom stereocenters. The molecule has 2 aromatic rings. The molecule has 2 N–H and O–H groups in total. The summed E-state index contributed by atoms with van der Waals surface area (Å²) in [6.45, 7) is 1.01. The van der Waals surface area contributed by atoms with Crippen LogP contribution >= 0.6 is 0 Å². The van der Waals surface area contributed by atoms with E-state index in [1.54, 1.807) is 49.4 Å². The molecule has 0 aromatic heterocycles. The lowest BCUT2D eigenvalue weighted by Crippen LogP contribution is -2.47. The zero-order valence-electron chi connectivity index (χ0n) is 14.8. The van der Waals surface area contributed by atoms with Gasteiger partial charge in [-0.25, -0.2) is 26.3 Å². The molecule has 0 heterocycles. The van der Waals surface area contributed by atoms with Crippen molar-refractivity contribution in [3.63, 3.8) is 0 Å². The quantitative estimate of drug-likeness (QED) is 0.664. The zero-order valence-corrected chi connectivity index (χ0v) is 16.4. The van der Waals surface area contributed by atoms with E-state index < -0.39 is 38.1 Å². The molecule has 28 heavy (non-hydrogen) atoms. The molecule has 0 spiro atoms. The second-order valence-corrected chi connectivity index (χ2v) is 9.59. The van der Waals surface area contributed by atoms with Crippen LogP contribution in [0.3, 0.4) is 0 Å². The van der Waals surface area contributed by atoms with E-state index >= 15 is 0 Å². The van der Waals surface area contributed by atoms with Gasteiger partial charge in [-0.1, -0.05) is 48.0 Å². The molecule has 2 aromatic carbocycles. The maximum Gasteiger partial charge on any atom is 0.511 e. The Balaban J connectivity index is 2.24. The highest BCUT2D eigenvalue weighted by atomic mass is 32.2. The molecule has 0 aliphatic rings. The molecule has 0 aliphatic carbocycles. The van der Waals surface area contributed by atoms with Gasteiger partial charge in [0.05, 0.1) is 4.90 Å². The lowest BCUT2D eigenvalue weighted by Gasteiger charge is -2.20. The number of hydrogen-bond acceptors (Lipinski definition) is 4. The third-order valence-corrected chi connectivity index (χ3v) is 6.50. The van der Waals surface area contributed by atoms with Crippen LogP contribution in [-0.4, -0.2) is 34.9 Å². The molecule has 0 saturated heterocycles. The van der Waals surface area contributed by atoms with Gasteiger partial charge in [0.1, 0.15) is 0 Å². The van der Waals surface area contributed by atoms with Crippen LogP contribution in [0.4, 0.5) is 13.2 Å². The predicted octanol–water partition coefficient (Wildman–Crippen LogP) is 2.32. The first-order chi connectivity index (χ1) is 12.9. The van der Waals surface area contributed by atoms with E-state index in [-0.39, 0.29) is 11.3 Å². The van der Waals surface area contributed by atoms with Gasteiger partial charge in [0.25, 0.3) is 0 Å². The van der Waals surface area contributed by atoms with Gasteiger partial charge in [-0.3, -0.25) is 0 Å². The van der Waals surface area contributed by atoms with Crippen molar-refractivity contribution in [2.75, 3.05) is 6.54 Å². The van der Waals surface area contributed by atoms with Gasteiger partial charge in [0.15, 0.2) is 0 Å². The molecule has 2 rings (SSSR count). The van der Waals surface area contributed by atoms with Crippen molar-refractivity contribution in [1.82, 2.24) is 9.44 Å². The summed E-state index contributed by atoms with van der Waals surface area (Å²) in [4.78, 5) is -0.0742. The fraction of sp³-hybridized carbons (Fsp3) is 0.294. The second kappa shape index (κ2) is 8.60. The minimum atomic E-state index is -5.60. The van der Waals surface area contributed by atoms with Crippen LogP contribution in [0.2, 0.25) is 0 Å². The number of benzene rings is 2. The van der Waals surface area contributed by atoms with E-state index in [9.17, 15) is 30.0 Å². The summed E-state index contributed by atoms with van der Waals surface area (Å²) in [5, 5.41) is 0. The van der Waals surface area contributed by atoms with E-state index in [0.717, 1.165) is 5.56 Å². The van der Waals surface area contributed by atoms with E-state index in [1.807, 2.05) is 0 Å². The standard InChI is InChI=1S/C17H19F3N2O4S2/c1-13-7-9-16(10-8-13)27(23,24)22-15(11-14-5-3-2-4-6-14)12-21-28(25,26)17(18,19)20/h2-10,15,21-22H,11-12H2,1H3/t15-/m0/s1. The van der Waals surface area contributed by atoms with Crippen molar-refractivity contribution in [3.8, 4) is 0 Å². The minimum absolute atomic E-state index is 0.00763. The van der Waals surface area contributed by atoms with Crippen molar-refractivity contribution in [2.45, 2.75) is 29.8 Å². The fourth-order valence-corrected chi connectivity index (χ4v) is 4.17. The molecule has 11 heteroatoms. The van der Waals surface area contributed by atoms with Gasteiger partial charge >= 0.3 is 15.5 Å². The lowest BCUT2D eigenvalue weighted by molar-refractivity contribution is -0.0448. The Morgan fingerprint density at radius 2 is 1.50 bits per heavy atom. The summed E-state index contributed by atoms with van der Waals surface area (Å²) in [6, 6.07) is 13.1. The molecule has 0 aliphatic heterocycles. The summed E-state index contributed by atoms with van der Waals surface area (Å²) < 4.78 is 89.0. The molecule has 0 saturated carbocycles. The van der Waals surface area contributed by atoms with Gasteiger partial charge in [-0.15, -0.1) is 0 Å². The number of nitrogens with one attached hydrogen (secondary N) is 2. The van der Waals surface area contributed by atoms with Gasteiger partial charge in [0.2, 0.25) is 10.0 Å². The van der Waals surface area contributed by atoms with Crippen LogP contribution < -0.4 is 9.44 Å². The molecule has 0 fully saturated rings. The van der Waals surface area contributed by atoms with Crippen molar-refractivity contribution in [2.24, 2.45) is 0 Å². The van der Waals surface area contributed by atoms with E-state index in [2.05, 4.69) is 4.72 Å². The first kappa shape index (κ1) is 22.3. The smallest absolute Gasteiger partial charge is 0.207 e. The Bertz CT molecular complexity index is 991. The summed E-state index contributed by atoms with van der Waals surface area (Å²) in [5.74, 6) is 0. The van der Waals surface area contributed by atoms with Crippen LogP contribution in [0.1, 0.15) is 11.1 Å². The fourth-order valence-electron chi connectivity index (χ4n) is 2.35. The molecular formula is C17H19F3N2O4S2. The molecular weight excluding hydrogens is 417 g/mol. The average Bonchev–Trinajstić information content (AvgIpc) is 2.60. The number of hydrogen-bond donors (Lipinski definition) is 2. The Kier molecular flexibility index (Phi) is 6.86. The molecule has 1 atom stereocenters. The Morgan fingerprint density at radius 3 is 2.04 bits per heavy atom. The van der Waals surface area contributed by atoms with Crippen molar-refractivity contribution in [3.05, 3.63) is 65.7 Å². The maximum absolute atomic E-state index is 12.6. The largest absolute Gasteiger partial charge is 0.511 e. The number of halogens is 3. The molecule has 6 nitrogen and oxygen atoms in total. The highest BCUT2D eigenvalue weighted by molar-refractivity contribution is 7.90. The summed E-state index contributed by atoms with van der Waals surface area (Å²) in [5.41, 5.74) is -4.02. The van der Waals surface area contributed by atoms with Crippen LogP contribution in [-0.2, 0) is 26.5 Å². The lowest BCUT2D eigenvalue weighted by atomic mass is 10.1. The third kappa shape index (κ3) is 6.03. The van der Waals surface area contributed by atoms with Crippen molar-refractivity contribution >= 4 is 20.0 Å². The van der Waals surface area contributed by atoms with E-state index in [1.165, 1.54) is 16.9 Å². The van der Waals surface area contributed by atoms with Gasteiger partial charge < -0.3 is 0 Å². The summed E-state index contributed by atoms with van der Waals surface area (Å²) in [6.07, 6.45) is -0.00763. The van der Waals surface area contributed by atoms with Crippen LogP contribution in [0.5, 0.6) is 0 Å². The molecule has 0 amide bonds. The van der Waals surface area contributed by atoms with Gasteiger partial charge in [0, 0.05) is 12.6 Å². The predicted molar refractivity (Wildman–Crippen MR) is 98.4 cm³/mol. The van der Waals surface area contributed by atoms with Crippen LogP contribution in [0, 0.1) is 6.92 Å². The van der Waals surface area contributed by atoms with E-state index in [4.69, 9.17) is 0 Å². The number of sulfonamides is 2. The number of rotatable bonds is 8. The highest BCUT2D eigenvalue weighted by Gasteiger charge is 2.45. The monoisotopic (exact) mass is 436 g/mol. The van der Waals surface area contributed by atoms with E-state index in [0.29, 0.717) is 5.56 Å². The normalized spacial score (nSPS) is 14.0. The van der Waals surface area contributed by atoms with Crippen LogP contribution in [0.15, 0.2) is 59.5 Å². The zero-order chi connectivity index (χ0) is 21.0. The Morgan fingerprint density at radius 1 is 0.929 bits per heavy atom. The Labute approximate surface area is 161 Å². The third-order valence-electron chi connectivity index (χ3n) is 3.80. The van der Waals surface area contributed by atoms with Crippen LogP contribution in [0.25, 0.3) is 0 Å². The minimum Gasteiger partial charge on any atom is -0.207 e. The van der Waals surface area contributed by atoms with Gasteiger partial charge in [-0.2, -0.15) is 13.2 Å². The second-order valence-electron chi connectivity index (χ2n) is 6.12. The van der Waals surface area contributed by atoms with Crippen molar-refractivity contribution < 1.29 is 30.0 Å². The SMILES string of the molecule is Cc1ccc(S(=O)(=O)N[C@H](CNS(=O)(=O)C(F)(F)F)Cc2ccccc2)cc1. The first-order valence-electron chi connectivity index (χ1n) is 8.09. The average molecular weight is 436 g/mol. The summed E-state index contributed by atoms with van der Waals surface area (Å²) in [7, 11) is -9.66. The molecule has 0 radical (unpaired) electrons. The first-order valence-corrected chi connectivity index (χ1v) is 11.1. The summed E-state index contributed by atoms with van der Waals surface area (Å²) >= 11 is 0. The molecule has 154 valence electrons. The highest BCUT2D eigenvalue weighted by Crippen LogP contribution is 2.21. The molecule has 0 bridgehead atoms. The number of aryl methyl sites for hydroxylation is 1.